The van der Waals surface area contributed by atoms with Gasteiger partial charge in [-0.15, -0.1) is 0 Å². The van der Waals surface area contributed by atoms with E-state index in [1.807, 2.05) is 18.4 Å². The van der Waals surface area contributed by atoms with Crippen LogP contribution in [0.1, 0.15) is 71.8 Å². The number of allylic oxidation sites excluding steroid dienone is 5. The van der Waals surface area contributed by atoms with E-state index in [1.165, 1.54) is 23.1 Å². The number of carbonyl (C=O) groups excluding carboxylic acids is 1. The highest BCUT2D eigenvalue weighted by Gasteiger charge is 2.27. The molecule has 0 spiro atoms. The third-order valence-electron chi connectivity index (χ3n) is 5.48. The Bertz CT molecular complexity index is 806. The van der Waals surface area contributed by atoms with Crippen LogP contribution in [0.3, 0.4) is 0 Å². The third-order valence-corrected chi connectivity index (χ3v) is 5.48. The number of hydrogen-bond donors (Lipinski definition) is 0. The Kier molecular flexibility index (Phi) is 9.72. The molecule has 0 saturated carbocycles. The molecule has 0 radical (unpaired) electrons. The molecule has 1 atom stereocenters. The number of methoxy groups -OCH3 is 1. The highest BCUT2D eigenvalue weighted by molar-refractivity contribution is 5.93. The van der Waals surface area contributed by atoms with Gasteiger partial charge < -0.3 is 13.9 Å². The molecule has 0 amide bonds. The summed E-state index contributed by atoms with van der Waals surface area (Å²) in [5.74, 6) is 1.11. The first-order chi connectivity index (χ1) is 14.4. The zero-order valence-electron chi connectivity index (χ0n) is 19.1. The van der Waals surface area contributed by atoms with Gasteiger partial charge in [-0.1, -0.05) is 30.2 Å². The monoisotopic (exact) mass is 412 g/mol. The molecule has 1 aliphatic rings. The van der Waals surface area contributed by atoms with Gasteiger partial charge >= 0.3 is 5.97 Å². The molecule has 0 fully saturated rings. The van der Waals surface area contributed by atoms with Crippen molar-refractivity contribution in [3.63, 3.8) is 0 Å². The number of esters is 1. The van der Waals surface area contributed by atoms with Gasteiger partial charge in [-0.05, 0) is 89.3 Å². The zero-order valence-corrected chi connectivity index (χ0v) is 19.1. The largest absolute Gasteiger partial charge is 0.492 e. The summed E-state index contributed by atoms with van der Waals surface area (Å²) in [6, 6.07) is 2.04. The first kappa shape index (κ1) is 23.8. The summed E-state index contributed by atoms with van der Waals surface area (Å²) in [6.45, 7) is 8.30. The smallest absolute Gasteiger partial charge is 0.343 e. The average Bonchev–Trinajstić information content (AvgIpc) is 3.30. The molecule has 2 rings (SSSR count). The minimum atomic E-state index is -0.314. The van der Waals surface area contributed by atoms with E-state index in [0.717, 1.165) is 38.5 Å². The summed E-state index contributed by atoms with van der Waals surface area (Å²) in [4.78, 5) is 11.7. The zero-order chi connectivity index (χ0) is 21.9. The van der Waals surface area contributed by atoms with Crippen molar-refractivity contribution in [2.45, 2.75) is 72.6 Å². The van der Waals surface area contributed by atoms with Gasteiger partial charge in [-0.2, -0.15) is 0 Å². The van der Waals surface area contributed by atoms with Gasteiger partial charge in [0.25, 0.3) is 0 Å². The molecule has 30 heavy (non-hydrogen) atoms. The normalized spacial score (nSPS) is 17.6. The second kappa shape index (κ2) is 12.3. The van der Waals surface area contributed by atoms with E-state index in [-0.39, 0.29) is 5.97 Å². The second-order valence-corrected chi connectivity index (χ2v) is 8.26. The maximum absolute atomic E-state index is 11.7. The lowest BCUT2D eigenvalue weighted by atomic mass is 10.0. The molecule has 4 heteroatoms. The topological polar surface area (TPSA) is 48.7 Å². The van der Waals surface area contributed by atoms with E-state index in [0.29, 0.717) is 23.0 Å². The van der Waals surface area contributed by atoms with Gasteiger partial charge in [-0.3, -0.25) is 0 Å². The van der Waals surface area contributed by atoms with Crippen molar-refractivity contribution in [3.8, 4) is 0 Å². The summed E-state index contributed by atoms with van der Waals surface area (Å²) in [6.07, 6.45) is 17.9. The molecule has 0 unspecified atom stereocenters. The van der Waals surface area contributed by atoms with Gasteiger partial charge in [0, 0.05) is 0 Å². The molecule has 0 bridgehead atoms. The summed E-state index contributed by atoms with van der Waals surface area (Å²) in [5, 5.41) is 0. The fourth-order valence-corrected chi connectivity index (χ4v) is 3.55. The van der Waals surface area contributed by atoms with Crippen LogP contribution < -0.4 is 0 Å². The van der Waals surface area contributed by atoms with Gasteiger partial charge in [0.1, 0.15) is 0 Å². The van der Waals surface area contributed by atoms with Crippen LogP contribution in [0.5, 0.6) is 0 Å². The number of ether oxygens (including phenoxy) is 2. The molecule has 1 aromatic heterocycles. The maximum atomic E-state index is 11.7. The first-order valence-electron chi connectivity index (χ1n) is 10.9. The lowest BCUT2D eigenvalue weighted by molar-refractivity contribution is -0.133. The minimum absolute atomic E-state index is 0.310. The van der Waals surface area contributed by atoms with Crippen LogP contribution in [0.4, 0.5) is 0 Å². The summed E-state index contributed by atoms with van der Waals surface area (Å²) in [5.41, 5.74) is 4.71. The molecule has 0 N–H and O–H groups in total. The third kappa shape index (κ3) is 7.74. The lowest BCUT2D eigenvalue weighted by Crippen LogP contribution is -1.97. The molecular weight excluding hydrogens is 376 g/mol. The maximum Gasteiger partial charge on any atom is 0.343 e. The Morgan fingerprint density at radius 2 is 1.90 bits per heavy atom. The highest BCUT2D eigenvalue weighted by Crippen LogP contribution is 2.28. The SMILES string of the molecule is COC1=C(C)C(=O)O/C1=C\[C@@H](C)CC/C=C(/C)CC/C=C(/C)CCCc1ccoc1. The number of rotatable bonds is 12. The van der Waals surface area contributed by atoms with Crippen LogP contribution in [0.25, 0.3) is 0 Å². The van der Waals surface area contributed by atoms with Crippen LogP contribution in [-0.4, -0.2) is 13.1 Å². The van der Waals surface area contributed by atoms with Crippen molar-refractivity contribution in [1.82, 2.24) is 0 Å². The highest BCUT2D eigenvalue weighted by atomic mass is 16.6. The quantitative estimate of drug-likeness (QED) is 0.272. The van der Waals surface area contributed by atoms with Crippen LogP contribution >= 0.6 is 0 Å². The van der Waals surface area contributed by atoms with Crippen molar-refractivity contribution < 1.29 is 18.7 Å². The second-order valence-electron chi connectivity index (χ2n) is 8.26. The van der Waals surface area contributed by atoms with E-state index in [4.69, 9.17) is 13.9 Å². The molecule has 0 aliphatic carbocycles. The molecule has 0 aromatic carbocycles. The van der Waals surface area contributed by atoms with Crippen molar-refractivity contribution in [3.05, 3.63) is 70.6 Å². The molecule has 1 aromatic rings. The standard InChI is InChI=1S/C26H36O4/c1-19(9-6-10-20(2)12-8-14-23-15-16-29-18-23)11-7-13-21(3)17-24-25(28-5)22(4)26(27)30-24/h10-11,15-18,21H,6-9,12-14H2,1-5H3/b19-11-,20-10-,24-17-/t21-/m0/s1. The first-order valence-corrected chi connectivity index (χ1v) is 10.9. The lowest BCUT2D eigenvalue weighted by Gasteiger charge is -2.08. The van der Waals surface area contributed by atoms with Crippen LogP contribution in [0.15, 0.2) is 69.5 Å². The fourth-order valence-electron chi connectivity index (χ4n) is 3.55. The van der Waals surface area contributed by atoms with E-state index in [2.05, 4.69) is 32.9 Å². The molecule has 1 aliphatic heterocycles. The Balaban J connectivity index is 1.67. The van der Waals surface area contributed by atoms with E-state index >= 15 is 0 Å². The van der Waals surface area contributed by atoms with E-state index in [9.17, 15) is 4.79 Å². The molecule has 4 nitrogen and oxygen atoms in total. The van der Waals surface area contributed by atoms with Gasteiger partial charge in [0.15, 0.2) is 11.5 Å². The van der Waals surface area contributed by atoms with E-state index < -0.39 is 0 Å². The van der Waals surface area contributed by atoms with Crippen molar-refractivity contribution in [2.24, 2.45) is 5.92 Å². The van der Waals surface area contributed by atoms with Gasteiger partial charge in [0.2, 0.25) is 0 Å². The van der Waals surface area contributed by atoms with Gasteiger partial charge in [0.05, 0.1) is 25.2 Å². The Hall–Kier alpha value is -2.49. The summed E-state index contributed by atoms with van der Waals surface area (Å²) >= 11 is 0. The van der Waals surface area contributed by atoms with Crippen molar-refractivity contribution in [2.75, 3.05) is 7.11 Å². The minimum Gasteiger partial charge on any atom is -0.492 e. The Morgan fingerprint density at radius 3 is 2.60 bits per heavy atom. The Labute approximate surface area is 181 Å². The molecule has 0 saturated heterocycles. The average molecular weight is 413 g/mol. The molecule has 2 heterocycles. The van der Waals surface area contributed by atoms with Crippen molar-refractivity contribution in [1.29, 1.82) is 0 Å². The Morgan fingerprint density at radius 1 is 1.17 bits per heavy atom. The number of hydrogen-bond acceptors (Lipinski definition) is 4. The molecule has 164 valence electrons. The number of cyclic esters (lactones) is 1. The number of furan rings is 1. The van der Waals surface area contributed by atoms with Gasteiger partial charge in [-0.25, -0.2) is 4.79 Å². The predicted molar refractivity (Wildman–Crippen MR) is 121 cm³/mol. The van der Waals surface area contributed by atoms with Crippen LogP contribution in [0.2, 0.25) is 0 Å². The van der Waals surface area contributed by atoms with Crippen LogP contribution in [0, 0.1) is 5.92 Å². The summed E-state index contributed by atoms with van der Waals surface area (Å²) in [7, 11) is 1.57. The van der Waals surface area contributed by atoms with E-state index in [1.54, 1.807) is 20.3 Å². The fraction of sp³-hybridized carbons (Fsp3) is 0.500. The molecular formula is C26H36O4. The predicted octanol–water partition coefficient (Wildman–Crippen LogP) is 7.05. The van der Waals surface area contributed by atoms with Crippen LogP contribution in [-0.2, 0) is 20.7 Å². The number of carbonyl (C=O) groups is 1. The van der Waals surface area contributed by atoms with Crippen molar-refractivity contribution >= 4 is 5.97 Å². The summed E-state index contributed by atoms with van der Waals surface area (Å²) < 4.78 is 15.7. The number of aryl methyl sites for hydroxylation is 1.